The first kappa shape index (κ1) is 20.8. The van der Waals surface area contributed by atoms with E-state index >= 15 is 0 Å². The molecule has 154 valence electrons. The van der Waals surface area contributed by atoms with Gasteiger partial charge in [0.05, 0.1) is 19.1 Å². The minimum absolute atomic E-state index is 0.0211. The Balaban J connectivity index is 1.87. The van der Waals surface area contributed by atoms with Crippen LogP contribution in [0.3, 0.4) is 0 Å². The molecule has 1 fully saturated rings. The van der Waals surface area contributed by atoms with Crippen molar-refractivity contribution in [3.05, 3.63) is 60.2 Å². The predicted octanol–water partition coefficient (Wildman–Crippen LogP) is 1.38. The predicted molar refractivity (Wildman–Crippen MR) is 105 cm³/mol. The highest BCUT2D eigenvalue weighted by Gasteiger charge is 2.42. The van der Waals surface area contributed by atoms with Gasteiger partial charge in [-0.3, -0.25) is 9.59 Å². The first-order valence-corrected chi connectivity index (χ1v) is 10.4. The van der Waals surface area contributed by atoms with Gasteiger partial charge in [-0.15, -0.1) is 0 Å². The number of piperazine rings is 1. The van der Waals surface area contributed by atoms with Gasteiger partial charge in [-0.2, -0.15) is 4.31 Å². The van der Waals surface area contributed by atoms with Crippen LogP contribution in [-0.2, 0) is 19.6 Å². The standard InChI is InChI=1S/C20H22N2O6S/c1-27-16-8-10-17(11-9-16)29(25,26)22-13-12-21(14-18(22)20(24)28-2)19(23)15-6-4-3-5-7-15/h3-11,18H,12-14H2,1-2H3. The molecule has 9 heteroatoms. The molecule has 0 aromatic heterocycles. The number of ether oxygens (including phenoxy) is 2. The molecular weight excluding hydrogens is 396 g/mol. The lowest BCUT2D eigenvalue weighted by Crippen LogP contribution is -2.59. The van der Waals surface area contributed by atoms with Crippen LogP contribution in [0.15, 0.2) is 59.5 Å². The summed E-state index contributed by atoms with van der Waals surface area (Å²) in [7, 11) is -1.29. The Bertz CT molecular complexity index is 976. The van der Waals surface area contributed by atoms with Gasteiger partial charge in [0.25, 0.3) is 5.91 Å². The monoisotopic (exact) mass is 418 g/mol. The molecule has 29 heavy (non-hydrogen) atoms. The summed E-state index contributed by atoms with van der Waals surface area (Å²) >= 11 is 0. The number of rotatable bonds is 5. The van der Waals surface area contributed by atoms with E-state index in [1.807, 2.05) is 0 Å². The number of carbonyl (C=O) groups excluding carboxylic acids is 2. The van der Waals surface area contributed by atoms with Gasteiger partial charge in [-0.05, 0) is 36.4 Å². The fourth-order valence-electron chi connectivity index (χ4n) is 3.21. The van der Waals surface area contributed by atoms with Gasteiger partial charge in [0.2, 0.25) is 10.0 Å². The maximum atomic E-state index is 13.1. The van der Waals surface area contributed by atoms with E-state index in [1.165, 1.54) is 43.4 Å². The van der Waals surface area contributed by atoms with Crippen LogP contribution in [0.2, 0.25) is 0 Å². The van der Waals surface area contributed by atoms with Crippen molar-refractivity contribution in [2.45, 2.75) is 10.9 Å². The van der Waals surface area contributed by atoms with Crippen molar-refractivity contribution in [1.82, 2.24) is 9.21 Å². The number of hydrogen-bond donors (Lipinski definition) is 0. The molecule has 0 bridgehead atoms. The number of carbonyl (C=O) groups is 2. The number of amides is 1. The molecule has 1 heterocycles. The Hall–Kier alpha value is -2.91. The number of benzene rings is 2. The fraction of sp³-hybridized carbons (Fsp3) is 0.300. The summed E-state index contributed by atoms with van der Waals surface area (Å²) in [5.41, 5.74) is 0.475. The molecule has 0 N–H and O–H groups in total. The molecule has 1 amide bonds. The van der Waals surface area contributed by atoms with Gasteiger partial charge >= 0.3 is 5.97 Å². The lowest BCUT2D eigenvalue weighted by Gasteiger charge is -2.39. The number of methoxy groups -OCH3 is 2. The summed E-state index contributed by atoms with van der Waals surface area (Å²) in [5.74, 6) is -0.458. The summed E-state index contributed by atoms with van der Waals surface area (Å²) in [6.07, 6.45) is 0. The van der Waals surface area contributed by atoms with E-state index in [1.54, 1.807) is 30.3 Å². The number of hydrogen-bond acceptors (Lipinski definition) is 6. The molecule has 8 nitrogen and oxygen atoms in total. The largest absolute Gasteiger partial charge is 0.497 e. The van der Waals surface area contributed by atoms with E-state index in [0.29, 0.717) is 11.3 Å². The molecule has 2 aromatic carbocycles. The Kier molecular flexibility index (Phi) is 6.19. The third-order valence-corrected chi connectivity index (χ3v) is 6.70. The molecule has 0 radical (unpaired) electrons. The average molecular weight is 418 g/mol. The second-order valence-corrected chi connectivity index (χ2v) is 8.34. The van der Waals surface area contributed by atoms with Crippen LogP contribution in [0.1, 0.15) is 10.4 Å². The normalized spacial score (nSPS) is 17.6. The summed E-state index contributed by atoms with van der Waals surface area (Å²) in [5, 5.41) is 0. The van der Waals surface area contributed by atoms with Crippen LogP contribution >= 0.6 is 0 Å². The van der Waals surface area contributed by atoms with Gasteiger partial charge < -0.3 is 14.4 Å². The highest BCUT2D eigenvalue weighted by molar-refractivity contribution is 7.89. The minimum atomic E-state index is -3.97. The zero-order valence-corrected chi connectivity index (χ0v) is 17.0. The highest BCUT2D eigenvalue weighted by Crippen LogP contribution is 2.25. The summed E-state index contributed by atoms with van der Waals surface area (Å²) in [6.45, 7) is 0.0547. The highest BCUT2D eigenvalue weighted by atomic mass is 32.2. The first-order valence-electron chi connectivity index (χ1n) is 8.96. The zero-order chi connectivity index (χ0) is 21.0. The Labute approximate surface area is 169 Å². The maximum Gasteiger partial charge on any atom is 0.326 e. The molecule has 0 saturated carbocycles. The van der Waals surface area contributed by atoms with Crippen molar-refractivity contribution >= 4 is 21.9 Å². The van der Waals surface area contributed by atoms with Crippen molar-refractivity contribution in [3.63, 3.8) is 0 Å². The van der Waals surface area contributed by atoms with Gasteiger partial charge in [0.15, 0.2) is 0 Å². The molecule has 2 aromatic rings. The van der Waals surface area contributed by atoms with E-state index in [9.17, 15) is 18.0 Å². The SMILES string of the molecule is COC(=O)C1CN(C(=O)c2ccccc2)CCN1S(=O)(=O)c1ccc(OC)cc1. The van der Waals surface area contributed by atoms with Gasteiger partial charge in [-0.1, -0.05) is 18.2 Å². The Morgan fingerprint density at radius 2 is 1.62 bits per heavy atom. The fourth-order valence-corrected chi connectivity index (χ4v) is 4.77. The van der Waals surface area contributed by atoms with Crippen molar-refractivity contribution in [1.29, 1.82) is 0 Å². The van der Waals surface area contributed by atoms with E-state index in [-0.39, 0.29) is 30.4 Å². The summed E-state index contributed by atoms with van der Waals surface area (Å²) in [6, 6.07) is 13.4. The number of esters is 1. The molecule has 0 spiro atoms. The lowest BCUT2D eigenvalue weighted by atomic mass is 10.1. The van der Waals surface area contributed by atoms with Crippen LogP contribution in [0.25, 0.3) is 0 Å². The quantitative estimate of drug-likeness (QED) is 0.681. The molecule has 1 aliphatic heterocycles. The smallest absolute Gasteiger partial charge is 0.326 e. The van der Waals surface area contributed by atoms with Crippen LogP contribution in [-0.4, -0.2) is 69.4 Å². The molecule has 3 rings (SSSR count). The molecule has 1 saturated heterocycles. The third kappa shape index (κ3) is 4.25. The maximum absolute atomic E-state index is 13.1. The lowest BCUT2D eigenvalue weighted by molar-refractivity contribution is -0.146. The molecule has 1 unspecified atom stereocenters. The summed E-state index contributed by atoms with van der Waals surface area (Å²) in [4.78, 5) is 26.6. The summed E-state index contributed by atoms with van der Waals surface area (Å²) < 4.78 is 37.2. The molecule has 1 aliphatic rings. The second-order valence-electron chi connectivity index (χ2n) is 6.45. The van der Waals surface area contributed by atoms with E-state index in [0.717, 1.165) is 4.31 Å². The Morgan fingerprint density at radius 1 is 0.966 bits per heavy atom. The van der Waals surface area contributed by atoms with Gasteiger partial charge in [-0.25, -0.2) is 8.42 Å². The van der Waals surface area contributed by atoms with Gasteiger partial charge in [0, 0.05) is 25.2 Å². The van der Waals surface area contributed by atoms with Gasteiger partial charge in [0.1, 0.15) is 11.8 Å². The van der Waals surface area contributed by atoms with E-state index in [2.05, 4.69) is 0 Å². The first-order chi connectivity index (χ1) is 13.9. The van der Waals surface area contributed by atoms with Crippen LogP contribution in [0, 0.1) is 0 Å². The molecular formula is C20H22N2O6S. The minimum Gasteiger partial charge on any atom is -0.497 e. The molecule has 0 aliphatic carbocycles. The van der Waals surface area contributed by atoms with E-state index < -0.39 is 22.0 Å². The van der Waals surface area contributed by atoms with Crippen molar-refractivity contribution in [2.75, 3.05) is 33.9 Å². The average Bonchev–Trinajstić information content (AvgIpc) is 2.78. The van der Waals surface area contributed by atoms with Crippen LogP contribution < -0.4 is 4.74 Å². The second kappa shape index (κ2) is 8.62. The molecule has 1 atom stereocenters. The zero-order valence-electron chi connectivity index (χ0n) is 16.1. The van der Waals surface area contributed by atoms with Crippen molar-refractivity contribution in [2.24, 2.45) is 0 Å². The van der Waals surface area contributed by atoms with E-state index in [4.69, 9.17) is 9.47 Å². The van der Waals surface area contributed by atoms with Crippen LogP contribution in [0.4, 0.5) is 0 Å². The van der Waals surface area contributed by atoms with Crippen molar-refractivity contribution < 1.29 is 27.5 Å². The number of sulfonamides is 1. The van der Waals surface area contributed by atoms with Crippen molar-refractivity contribution in [3.8, 4) is 5.75 Å². The number of nitrogens with zero attached hydrogens (tertiary/aromatic N) is 2. The topological polar surface area (TPSA) is 93.2 Å². The van der Waals surface area contributed by atoms with Crippen LogP contribution in [0.5, 0.6) is 5.75 Å². The third-order valence-electron chi connectivity index (χ3n) is 4.78. The Morgan fingerprint density at radius 3 is 2.21 bits per heavy atom.